The number of nitrogens with zero attached hydrogens (tertiary/aromatic N) is 2. The molecule has 1 amide bonds. The van der Waals surface area contributed by atoms with Gasteiger partial charge in [0, 0.05) is 18.5 Å². The quantitative estimate of drug-likeness (QED) is 0.833. The second-order valence-electron chi connectivity index (χ2n) is 5.77. The summed E-state index contributed by atoms with van der Waals surface area (Å²) in [7, 11) is 0. The molecule has 1 aromatic heterocycles. The van der Waals surface area contributed by atoms with Crippen molar-refractivity contribution < 1.29 is 27.9 Å². The Balaban J connectivity index is 1.99. The van der Waals surface area contributed by atoms with Gasteiger partial charge in [0.25, 0.3) is 0 Å². The van der Waals surface area contributed by atoms with Crippen molar-refractivity contribution in [3.8, 4) is 0 Å². The van der Waals surface area contributed by atoms with Gasteiger partial charge in [-0.3, -0.25) is 14.5 Å². The van der Waals surface area contributed by atoms with Gasteiger partial charge in [0.05, 0.1) is 10.6 Å². The molecule has 24 heavy (non-hydrogen) atoms. The van der Waals surface area contributed by atoms with E-state index in [0.717, 1.165) is 11.3 Å². The van der Waals surface area contributed by atoms with Gasteiger partial charge in [-0.05, 0) is 12.8 Å². The number of amides is 1. The van der Waals surface area contributed by atoms with Gasteiger partial charge in [-0.1, -0.05) is 18.3 Å². The maximum absolute atomic E-state index is 13.8. The minimum Gasteiger partial charge on any atom is -0.481 e. The van der Waals surface area contributed by atoms with Crippen LogP contribution < -0.4 is 4.90 Å². The molecule has 0 bridgehead atoms. The molecule has 1 aliphatic rings. The summed E-state index contributed by atoms with van der Waals surface area (Å²) in [6.07, 6.45) is 1.14. The van der Waals surface area contributed by atoms with Crippen molar-refractivity contribution in [3.05, 3.63) is 23.5 Å². The number of hydrogen-bond donors (Lipinski definition) is 1. The van der Waals surface area contributed by atoms with Crippen molar-refractivity contribution in [2.75, 3.05) is 4.90 Å². The second kappa shape index (κ2) is 6.04. The van der Waals surface area contributed by atoms with Crippen LogP contribution in [0.15, 0.2) is 6.07 Å². The average molecular weight is 358 g/mol. The fraction of sp³-hybridized carbons (Fsp3) is 0.400. The third-order valence-corrected chi connectivity index (χ3v) is 4.86. The first-order valence-corrected chi connectivity index (χ1v) is 8.10. The lowest BCUT2D eigenvalue weighted by molar-refractivity contribution is -0.143. The third kappa shape index (κ3) is 2.95. The number of halogens is 3. The van der Waals surface area contributed by atoms with Crippen LogP contribution in [0.1, 0.15) is 26.2 Å². The number of carbonyl (C=O) groups excluding carboxylic acids is 1. The van der Waals surface area contributed by atoms with Gasteiger partial charge in [-0.15, -0.1) is 0 Å². The molecule has 1 atom stereocenters. The maximum atomic E-state index is 13.8. The van der Waals surface area contributed by atoms with E-state index in [4.69, 9.17) is 5.11 Å². The van der Waals surface area contributed by atoms with Gasteiger partial charge in [0.2, 0.25) is 5.91 Å². The Kier molecular flexibility index (Phi) is 4.20. The Morgan fingerprint density at radius 1 is 1.38 bits per heavy atom. The largest absolute Gasteiger partial charge is 0.481 e. The first-order chi connectivity index (χ1) is 11.3. The number of carboxylic acids is 1. The molecule has 2 aromatic rings. The van der Waals surface area contributed by atoms with Crippen molar-refractivity contribution in [2.45, 2.75) is 32.2 Å². The number of benzene rings is 1. The number of anilines is 1. The Bertz CT molecular complexity index is 835. The Hall–Kier alpha value is -2.16. The van der Waals surface area contributed by atoms with Gasteiger partial charge in [-0.25, -0.2) is 18.2 Å². The lowest BCUT2D eigenvalue weighted by atomic mass is 10.1. The van der Waals surface area contributed by atoms with E-state index in [-0.39, 0.29) is 22.3 Å². The van der Waals surface area contributed by atoms with Gasteiger partial charge in [0.1, 0.15) is 11.3 Å². The lowest BCUT2D eigenvalue weighted by Gasteiger charge is -2.20. The smallest absolute Gasteiger partial charge is 0.306 e. The zero-order chi connectivity index (χ0) is 17.6. The topological polar surface area (TPSA) is 70.5 Å². The highest BCUT2D eigenvalue weighted by atomic mass is 32.1. The van der Waals surface area contributed by atoms with Crippen molar-refractivity contribution in [2.24, 2.45) is 5.92 Å². The molecule has 1 saturated carbocycles. The number of fused-ring (bicyclic) bond motifs is 1. The zero-order valence-corrected chi connectivity index (χ0v) is 13.4. The lowest BCUT2D eigenvalue weighted by Crippen LogP contribution is -2.35. The zero-order valence-electron chi connectivity index (χ0n) is 12.6. The SMILES string of the molecule is CC(CC(=O)N(c1nc2c(F)c(F)cc(F)c2s1)C1CC1)C(=O)O. The fourth-order valence-corrected chi connectivity index (χ4v) is 3.38. The van der Waals surface area contributed by atoms with E-state index in [1.165, 1.54) is 11.8 Å². The Morgan fingerprint density at radius 2 is 2.04 bits per heavy atom. The van der Waals surface area contributed by atoms with Crippen LogP contribution in [0, 0.1) is 23.4 Å². The van der Waals surface area contributed by atoms with Crippen LogP contribution >= 0.6 is 11.3 Å². The van der Waals surface area contributed by atoms with Crippen molar-refractivity contribution in [1.29, 1.82) is 0 Å². The molecule has 9 heteroatoms. The van der Waals surface area contributed by atoms with Crippen LogP contribution in [0.3, 0.4) is 0 Å². The minimum atomic E-state index is -1.35. The molecule has 3 rings (SSSR count). The summed E-state index contributed by atoms with van der Waals surface area (Å²) in [6.45, 7) is 1.40. The first-order valence-electron chi connectivity index (χ1n) is 7.28. The van der Waals surface area contributed by atoms with E-state index >= 15 is 0 Å². The number of carboxylic acid groups (broad SMARTS) is 1. The van der Waals surface area contributed by atoms with Crippen molar-refractivity contribution >= 4 is 38.6 Å². The summed E-state index contributed by atoms with van der Waals surface area (Å²) in [5.41, 5.74) is -0.461. The van der Waals surface area contributed by atoms with Crippen LogP contribution in [0.5, 0.6) is 0 Å². The molecule has 5 nitrogen and oxygen atoms in total. The number of aromatic nitrogens is 1. The summed E-state index contributed by atoms with van der Waals surface area (Å²) < 4.78 is 40.8. The number of carbonyl (C=O) groups is 2. The molecule has 1 aliphatic carbocycles. The summed E-state index contributed by atoms with van der Waals surface area (Å²) in [6, 6.07) is 0.269. The number of hydrogen-bond acceptors (Lipinski definition) is 4. The van der Waals surface area contributed by atoms with E-state index in [1.54, 1.807) is 0 Å². The predicted octanol–water partition coefficient (Wildman–Crippen LogP) is 3.32. The summed E-state index contributed by atoms with van der Waals surface area (Å²) in [5.74, 6) is -6.04. The number of rotatable bonds is 5. The van der Waals surface area contributed by atoms with E-state index < -0.39 is 40.8 Å². The van der Waals surface area contributed by atoms with Gasteiger partial charge < -0.3 is 5.11 Å². The molecule has 1 fully saturated rings. The van der Waals surface area contributed by atoms with Gasteiger partial charge in [0.15, 0.2) is 16.8 Å². The molecule has 0 radical (unpaired) electrons. The minimum absolute atomic E-state index is 0.0542. The summed E-state index contributed by atoms with van der Waals surface area (Å²) >= 11 is 0.752. The first kappa shape index (κ1) is 16.7. The standard InChI is InChI=1S/C15H13F3N2O3S/c1-6(14(22)23)4-10(21)20(7-2-3-7)15-19-12-11(18)8(16)5-9(17)13(12)24-15/h5-7H,2-4H2,1H3,(H,22,23). The second-order valence-corrected chi connectivity index (χ2v) is 6.74. The molecular formula is C15H13F3N2O3S. The highest BCUT2D eigenvalue weighted by Gasteiger charge is 2.37. The highest BCUT2D eigenvalue weighted by Crippen LogP contribution is 2.39. The molecule has 1 heterocycles. The van der Waals surface area contributed by atoms with E-state index in [1.807, 2.05) is 0 Å². The molecule has 0 saturated heterocycles. The van der Waals surface area contributed by atoms with Gasteiger partial charge in [-0.2, -0.15) is 0 Å². The Labute approximate surface area is 138 Å². The van der Waals surface area contributed by atoms with E-state index in [9.17, 15) is 22.8 Å². The van der Waals surface area contributed by atoms with E-state index in [0.29, 0.717) is 18.9 Å². The summed E-state index contributed by atoms with van der Waals surface area (Å²) in [4.78, 5) is 28.5. The monoisotopic (exact) mass is 358 g/mol. The average Bonchev–Trinajstić information content (AvgIpc) is 3.22. The highest BCUT2D eigenvalue weighted by molar-refractivity contribution is 7.22. The number of aliphatic carboxylic acids is 1. The Morgan fingerprint density at radius 3 is 2.62 bits per heavy atom. The van der Waals surface area contributed by atoms with Crippen LogP contribution in [0.4, 0.5) is 18.3 Å². The maximum Gasteiger partial charge on any atom is 0.306 e. The molecule has 128 valence electrons. The van der Waals surface area contributed by atoms with Crippen LogP contribution in [-0.2, 0) is 9.59 Å². The van der Waals surface area contributed by atoms with E-state index in [2.05, 4.69) is 4.98 Å². The van der Waals surface area contributed by atoms with Crippen molar-refractivity contribution in [3.63, 3.8) is 0 Å². The predicted molar refractivity (Wildman–Crippen MR) is 81.4 cm³/mol. The third-order valence-electron chi connectivity index (χ3n) is 3.79. The molecule has 1 N–H and O–H groups in total. The van der Waals surface area contributed by atoms with Crippen LogP contribution in [0.25, 0.3) is 10.2 Å². The summed E-state index contributed by atoms with van der Waals surface area (Å²) in [5, 5.41) is 8.98. The molecular weight excluding hydrogens is 345 g/mol. The molecule has 0 aliphatic heterocycles. The van der Waals surface area contributed by atoms with Crippen LogP contribution in [-0.4, -0.2) is 28.0 Å². The van der Waals surface area contributed by atoms with Crippen LogP contribution in [0.2, 0.25) is 0 Å². The molecule has 1 aromatic carbocycles. The van der Waals surface area contributed by atoms with Gasteiger partial charge >= 0.3 is 5.97 Å². The molecule has 0 spiro atoms. The normalized spacial score (nSPS) is 15.5. The molecule has 1 unspecified atom stereocenters. The van der Waals surface area contributed by atoms with Crippen molar-refractivity contribution in [1.82, 2.24) is 4.98 Å². The number of thiazole rings is 1. The fourth-order valence-electron chi connectivity index (χ4n) is 2.32.